The van der Waals surface area contributed by atoms with Gasteiger partial charge in [0.25, 0.3) is 0 Å². The number of hydrogen-bond acceptors (Lipinski definition) is 3. The van der Waals surface area contributed by atoms with Gasteiger partial charge in [0.2, 0.25) is 6.10 Å². The van der Waals surface area contributed by atoms with E-state index in [-0.39, 0.29) is 28.5 Å². The van der Waals surface area contributed by atoms with Crippen molar-refractivity contribution in [2.45, 2.75) is 19.2 Å². The van der Waals surface area contributed by atoms with Gasteiger partial charge in [0.1, 0.15) is 11.6 Å². The molecule has 0 saturated heterocycles. The van der Waals surface area contributed by atoms with Gasteiger partial charge in [-0.2, -0.15) is 13.2 Å². The highest BCUT2D eigenvalue weighted by Gasteiger charge is 2.49. The molecule has 3 rings (SSSR count). The molecule has 0 amide bonds. The molecule has 0 radical (unpaired) electrons. The lowest BCUT2D eigenvalue weighted by Crippen LogP contribution is -2.41. The van der Waals surface area contributed by atoms with Crippen molar-refractivity contribution in [3.63, 3.8) is 0 Å². The van der Waals surface area contributed by atoms with E-state index >= 15 is 0 Å². The van der Waals surface area contributed by atoms with Crippen LogP contribution in [0.2, 0.25) is 5.02 Å². The van der Waals surface area contributed by atoms with Crippen molar-refractivity contribution < 1.29 is 31.8 Å². The number of carbonyl (C=O) groups excluding carboxylic acids is 1. The first kappa shape index (κ1) is 20.7. The molecular formula is C21H13ClF4O3. The maximum Gasteiger partial charge on any atom is 0.430 e. The molecule has 1 atom stereocenters. The highest BCUT2D eigenvalue weighted by atomic mass is 35.5. The second-order valence-electron chi connectivity index (χ2n) is 5.99. The molecule has 2 aromatic rings. The van der Waals surface area contributed by atoms with Crippen molar-refractivity contribution in [1.82, 2.24) is 0 Å². The third-order valence-corrected chi connectivity index (χ3v) is 4.12. The van der Waals surface area contributed by atoms with Crippen molar-refractivity contribution in [1.29, 1.82) is 0 Å². The molecule has 29 heavy (non-hydrogen) atoms. The van der Waals surface area contributed by atoms with Gasteiger partial charge in [0.15, 0.2) is 0 Å². The Morgan fingerprint density at radius 3 is 2.52 bits per heavy atom. The molecule has 1 aliphatic heterocycles. The van der Waals surface area contributed by atoms with E-state index in [1.165, 1.54) is 43.3 Å². The van der Waals surface area contributed by atoms with Crippen LogP contribution in [-0.2, 0) is 9.53 Å². The molecule has 1 unspecified atom stereocenters. The molecule has 1 heterocycles. The van der Waals surface area contributed by atoms with Gasteiger partial charge in [-0.1, -0.05) is 23.4 Å². The van der Waals surface area contributed by atoms with Gasteiger partial charge in [0.05, 0.1) is 17.7 Å². The van der Waals surface area contributed by atoms with Crippen LogP contribution in [0, 0.1) is 17.7 Å². The number of benzene rings is 2. The SMILES string of the molecule is CCOC(=O)C1=Cc2cc(Cl)cc(C#Cc3ccc(F)cc3)c2OC1C(F)(F)F. The molecule has 2 aromatic carbocycles. The molecule has 3 nitrogen and oxygen atoms in total. The molecule has 0 aliphatic carbocycles. The minimum absolute atomic E-state index is 0.0858. The fourth-order valence-electron chi connectivity index (χ4n) is 2.67. The summed E-state index contributed by atoms with van der Waals surface area (Å²) in [6.45, 7) is 1.40. The first-order valence-corrected chi connectivity index (χ1v) is 8.80. The van der Waals surface area contributed by atoms with Crippen molar-refractivity contribution >= 4 is 23.6 Å². The lowest BCUT2D eigenvalue weighted by atomic mass is 9.98. The van der Waals surface area contributed by atoms with E-state index in [1.54, 1.807) is 0 Å². The smallest absolute Gasteiger partial charge is 0.430 e. The van der Waals surface area contributed by atoms with Crippen molar-refractivity contribution in [2.75, 3.05) is 6.61 Å². The fourth-order valence-corrected chi connectivity index (χ4v) is 2.89. The van der Waals surface area contributed by atoms with Crippen LogP contribution in [0.4, 0.5) is 17.6 Å². The molecule has 0 bridgehead atoms. The summed E-state index contributed by atoms with van der Waals surface area (Å²) in [6.07, 6.45) is -6.30. The standard InChI is InChI=1S/C21H13ClF4O3/c1-2-28-20(27)17-11-14-10-15(22)9-13(18(14)29-19(17)21(24,25)26)6-3-12-4-7-16(23)8-5-12/h4-5,7-11,19H,2H2,1H3. The topological polar surface area (TPSA) is 35.5 Å². The highest BCUT2D eigenvalue weighted by Crippen LogP contribution is 2.40. The van der Waals surface area contributed by atoms with Crippen LogP contribution in [0.25, 0.3) is 6.08 Å². The van der Waals surface area contributed by atoms with Gasteiger partial charge >= 0.3 is 12.1 Å². The van der Waals surface area contributed by atoms with Crippen LogP contribution in [0.1, 0.15) is 23.6 Å². The summed E-state index contributed by atoms with van der Waals surface area (Å²) < 4.78 is 63.4. The Balaban J connectivity index is 2.09. The summed E-state index contributed by atoms with van der Waals surface area (Å²) in [5, 5.41) is 0.195. The summed E-state index contributed by atoms with van der Waals surface area (Å²) in [5.41, 5.74) is 0.0484. The Hall–Kier alpha value is -2.98. The van der Waals surface area contributed by atoms with E-state index in [0.29, 0.717) is 5.56 Å². The fraction of sp³-hybridized carbons (Fsp3) is 0.190. The predicted octanol–water partition coefficient (Wildman–Crippen LogP) is 5.15. The van der Waals surface area contributed by atoms with Crippen molar-refractivity contribution in [3.05, 3.63) is 69.5 Å². The number of alkyl halides is 3. The first-order chi connectivity index (χ1) is 13.7. The Kier molecular flexibility index (Phi) is 5.85. The first-order valence-electron chi connectivity index (χ1n) is 8.42. The van der Waals surface area contributed by atoms with E-state index in [0.717, 1.165) is 6.08 Å². The predicted molar refractivity (Wildman–Crippen MR) is 98.9 cm³/mol. The van der Waals surface area contributed by atoms with Gasteiger partial charge in [0, 0.05) is 16.1 Å². The molecule has 8 heteroatoms. The molecule has 1 aliphatic rings. The van der Waals surface area contributed by atoms with Gasteiger partial charge in [-0.05, 0) is 49.4 Å². The maximum atomic E-state index is 13.5. The van der Waals surface area contributed by atoms with Crippen molar-refractivity contribution in [3.8, 4) is 17.6 Å². The summed E-state index contributed by atoms with van der Waals surface area (Å²) in [6, 6.07) is 8.00. The molecule has 150 valence electrons. The minimum atomic E-state index is -4.85. The van der Waals surface area contributed by atoms with Crippen LogP contribution >= 0.6 is 11.6 Å². The second kappa shape index (κ2) is 8.18. The summed E-state index contributed by atoms with van der Waals surface area (Å²) in [5.74, 6) is 3.70. The van der Waals surface area contributed by atoms with Crippen molar-refractivity contribution in [2.24, 2.45) is 0 Å². The second-order valence-corrected chi connectivity index (χ2v) is 6.42. The number of fused-ring (bicyclic) bond motifs is 1. The Morgan fingerprint density at radius 2 is 1.90 bits per heavy atom. The van der Waals surface area contributed by atoms with E-state index in [4.69, 9.17) is 21.1 Å². The third-order valence-electron chi connectivity index (χ3n) is 3.91. The highest BCUT2D eigenvalue weighted by molar-refractivity contribution is 6.31. The lowest BCUT2D eigenvalue weighted by molar-refractivity contribution is -0.187. The zero-order valence-electron chi connectivity index (χ0n) is 14.9. The molecule has 0 aromatic heterocycles. The number of esters is 1. The van der Waals surface area contributed by atoms with E-state index < -0.39 is 29.6 Å². The summed E-state index contributed by atoms with van der Waals surface area (Å²) in [4.78, 5) is 12.0. The third kappa shape index (κ3) is 4.72. The number of hydrogen-bond donors (Lipinski definition) is 0. The molecule has 0 N–H and O–H groups in total. The van der Waals surface area contributed by atoms with Crippen LogP contribution in [0.15, 0.2) is 42.0 Å². The Bertz CT molecular complexity index is 1030. The van der Waals surface area contributed by atoms with Crippen LogP contribution in [-0.4, -0.2) is 24.9 Å². The molecule has 0 spiro atoms. The lowest BCUT2D eigenvalue weighted by Gasteiger charge is -2.28. The van der Waals surface area contributed by atoms with E-state index in [9.17, 15) is 22.4 Å². The van der Waals surface area contributed by atoms with Gasteiger partial charge in [-0.3, -0.25) is 0 Å². The van der Waals surface area contributed by atoms with Crippen LogP contribution in [0.3, 0.4) is 0 Å². The average molecular weight is 425 g/mol. The van der Waals surface area contributed by atoms with Crippen LogP contribution in [0.5, 0.6) is 5.75 Å². The summed E-state index contributed by atoms with van der Waals surface area (Å²) in [7, 11) is 0. The zero-order chi connectivity index (χ0) is 21.2. The van der Waals surface area contributed by atoms with Gasteiger partial charge in [-0.15, -0.1) is 0 Å². The average Bonchev–Trinajstić information content (AvgIpc) is 2.65. The number of ether oxygens (including phenoxy) is 2. The maximum absolute atomic E-state index is 13.5. The quantitative estimate of drug-likeness (QED) is 0.380. The molecule has 0 fully saturated rings. The number of halogens is 5. The van der Waals surface area contributed by atoms with Crippen LogP contribution < -0.4 is 4.74 Å². The Morgan fingerprint density at radius 1 is 1.21 bits per heavy atom. The van der Waals surface area contributed by atoms with Gasteiger partial charge in [-0.25, -0.2) is 9.18 Å². The molecular weight excluding hydrogens is 412 g/mol. The zero-order valence-corrected chi connectivity index (χ0v) is 15.7. The minimum Gasteiger partial charge on any atom is -0.474 e. The monoisotopic (exact) mass is 424 g/mol. The van der Waals surface area contributed by atoms with E-state index in [2.05, 4.69) is 11.8 Å². The summed E-state index contributed by atoms with van der Waals surface area (Å²) >= 11 is 6.06. The van der Waals surface area contributed by atoms with Gasteiger partial charge < -0.3 is 9.47 Å². The Labute approximate surface area is 168 Å². The number of carbonyl (C=O) groups is 1. The molecule has 0 saturated carbocycles. The largest absolute Gasteiger partial charge is 0.474 e. The normalized spacial score (nSPS) is 15.4. The number of rotatable bonds is 2. The van der Waals surface area contributed by atoms with E-state index in [1.807, 2.05) is 0 Å².